The van der Waals surface area contributed by atoms with Gasteiger partial charge in [-0.2, -0.15) is 0 Å². The number of hydrogen-bond donors (Lipinski definition) is 3. The van der Waals surface area contributed by atoms with Gasteiger partial charge in [0.25, 0.3) is 5.56 Å². The van der Waals surface area contributed by atoms with Gasteiger partial charge in [-0.15, -0.1) is 0 Å². The summed E-state index contributed by atoms with van der Waals surface area (Å²) in [5.41, 5.74) is 0.210. The van der Waals surface area contributed by atoms with Crippen molar-refractivity contribution in [2.45, 2.75) is 25.4 Å². The molecule has 0 bridgehead atoms. The first-order valence-corrected chi connectivity index (χ1v) is 9.34. The minimum absolute atomic E-state index is 0.118. The maximum Gasteiger partial charge on any atom is 0.327 e. The van der Waals surface area contributed by atoms with Crippen molar-refractivity contribution in [2.75, 3.05) is 26.5 Å². The maximum absolute atomic E-state index is 11.9. The monoisotopic (exact) mass is 374 g/mol. The van der Waals surface area contributed by atoms with E-state index in [2.05, 4.69) is 15.0 Å². The summed E-state index contributed by atoms with van der Waals surface area (Å²) in [5, 5.41) is 0. The van der Waals surface area contributed by atoms with Gasteiger partial charge in [0.1, 0.15) is 18.0 Å². The first kappa shape index (κ1) is 18.2. The molecule has 1 aliphatic heterocycles. The van der Waals surface area contributed by atoms with Crippen molar-refractivity contribution in [1.29, 1.82) is 0 Å². The molecule has 1 fully saturated rings. The second-order valence-corrected chi connectivity index (χ2v) is 7.47. The van der Waals surface area contributed by atoms with Gasteiger partial charge in [0.05, 0.1) is 25.7 Å². The van der Waals surface area contributed by atoms with Crippen LogP contribution in [0.15, 0.2) is 11.1 Å². The van der Waals surface area contributed by atoms with Crippen LogP contribution in [-0.4, -0.2) is 68.0 Å². The highest BCUT2D eigenvalue weighted by Gasteiger charge is 2.40. The molecule has 1 aliphatic rings. The van der Waals surface area contributed by atoms with Crippen molar-refractivity contribution in [2.24, 2.45) is 0 Å². The Bertz CT molecular complexity index is 860. The third-order valence-corrected chi connectivity index (χ3v) is 4.66. The van der Waals surface area contributed by atoms with E-state index in [1.54, 1.807) is 11.5 Å². The van der Waals surface area contributed by atoms with Gasteiger partial charge in [-0.05, 0) is 6.92 Å². The van der Waals surface area contributed by atoms with Crippen molar-refractivity contribution in [3.05, 3.63) is 22.5 Å². The Kier molecular flexibility index (Phi) is 5.05. The summed E-state index contributed by atoms with van der Waals surface area (Å²) >= 11 is 0. The third-order valence-electron chi connectivity index (χ3n) is 3.89. The molecule has 0 radical (unpaired) electrons. The molecule has 2 aromatic heterocycles. The van der Waals surface area contributed by atoms with E-state index in [1.807, 2.05) is 0 Å². The number of ether oxygens (including phenoxy) is 3. The van der Waals surface area contributed by atoms with E-state index in [4.69, 9.17) is 24.0 Å². The van der Waals surface area contributed by atoms with E-state index in [1.165, 1.54) is 13.4 Å². The fourth-order valence-electron chi connectivity index (χ4n) is 2.76. The molecular formula is C13H19N4O7P. The number of aromatic amines is 1. The lowest BCUT2D eigenvalue weighted by atomic mass is 10.2. The van der Waals surface area contributed by atoms with Gasteiger partial charge >= 0.3 is 7.60 Å². The molecule has 0 saturated carbocycles. The molecule has 25 heavy (non-hydrogen) atoms. The molecule has 12 heteroatoms. The highest BCUT2D eigenvalue weighted by Crippen LogP contribution is 2.35. The van der Waals surface area contributed by atoms with Crippen LogP contribution in [0.25, 0.3) is 11.2 Å². The summed E-state index contributed by atoms with van der Waals surface area (Å²) in [6, 6.07) is 0. The lowest BCUT2D eigenvalue weighted by Crippen LogP contribution is -2.33. The predicted molar refractivity (Wildman–Crippen MR) is 85.3 cm³/mol. The average Bonchev–Trinajstić information content (AvgIpc) is 3.09. The quantitative estimate of drug-likeness (QED) is 0.571. The molecule has 3 N–H and O–H groups in total. The van der Waals surface area contributed by atoms with Gasteiger partial charge in [0.15, 0.2) is 17.4 Å². The summed E-state index contributed by atoms with van der Waals surface area (Å²) in [4.78, 5) is 40.7. The minimum Gasteiger partial charge on any atom is -0.374 e. The molecule has 0 unspecified atom stereocenters. The van der Waals surface area contributed by atoms with E-state index in [9.17, 15) is 9.36 Å². The van der Waals surface area contributed by atoms with Crippen LogP contribution in [-0.2, 0) is 18.8 Å². The summed E-state index contributed by atoms with van der Waals surface area (Å²) in [7, 11) is -2.65. The number of aromatic nitrogens is 4. The van der Waals surface area contributed by atoms with E-state index in [0.29, 0.717) is 11.5 Å². The number of rotatable bonds is 6. The van der Waals surface area contributed by atoms with Crippen molar-refractivity contribution in [1.82, 2.24) is 19.5 Å². The molecule has 0 aromatic carbocycles. The van der Waals surface area contributed by atoms with Gasteiger partial charge in [-0.3, -0.25) is 13.9 Å². The van der Waals surface area contributed by atoms with Crippen molar-refractivity contribution in [3.63, 3.8) is 0 Å². The van der Waals surface area contributed by atoms with Gasteiger partial charge < -0.3 is 29.0 Å². The second kappa shape index (κ2) is 6.94. The number of hydrogen-bond acceptors (Lipinski definition) is 7. The fourth-order valence-corrected chi connectivity index (χ4v) is 3.10. The minimum atomic E-state index is -4.13. The Morgan fingerprint density at radius 2 is 2.28 bits per heavy atom. The van der Waals surface area contributed by atoms with Crippen LogP contribution < -0.4 is 5.56 Å². The number of methoxy groups -OCH3 is 1. The van der Waals surface area contributed by atoms with Crippen molar-refractivity contribution >= 4 is 18.8 Å². The Morgan fingerprint density at radius 3 is 2.96 bits per heavy atom. The Labute approximate surface area is 142 Å². The zero-order chi connectivity index (χ0) is 18.2. The summed E-state index contributed by atoms with van der Waals surface area (Å²) in [6.07, 6.45) is -0.614. The van der Waals surface area contributed by atoms with Crippen LogP contribution in [0.1, 0.15) is 12.1 Å². The van der Waals surface area contributed by atoms with Crippen LogP contribution in [0, 0.1) is 6.92 Å². The molecule has 2 aromatic rings. The molecule has 0 aliphatic carbocycles. The molecule has 3 rings (SSSR count). The first-order valence-electron chi connectivity index (χ1n) is 7.54. The molecule has 0 spiro atoms. The predicted octanol–water partition coefficient (Wildman–Crippen LogP) is -0.465. The smallest absolute Gasteiger partial charge is 0.327 e. The number of H-pyrrole nitrogens is 1. The summed E-state index contributed by atoms with van der Waals surface area (Å²) in [5.74, 6) is 0.445. The van der Waals surface area contributed by atoms with Crippen LogP contribution in [0.4, 0.5) is 0 Å². The maximum atomic E-state index is 11.9. The normalized spacial score (nSPS) is 24.2. The summed E-state index contributed by atoms with van der Waals surface area (Å²) in [6.45, 7) is 1.72. The lowest BCUT2D eigenvalue weighted by Gasteiger charge is -2.22. The van der Waals surface area contributed by atoms with Crippen LogP contribution in [0.5, 0.6) is 0 Å². The number of nitrogens with zero attached hydrogens (tertiary/aromatic N) is 3. The molecule has 138 valence electrons. The largest absolute Gasteiger partial charge is 0.374 e. The number of fused-ring (bicyclic) bond motifs is 1. The van der Waals surface area contributed by atoms with Gasteiger partial charge in [-0.25, -0.2) is 9.97 Å². The van der Waals surface area contributed by atoms with Crippen LogP contribution >= 0.6 is 7.60 Å². The lowest BCUT2D eigenvalue weighted by molar-refractivity contribution is -0.0565. The van der Waals surface area contributed by atoms with E-state index in [-0.39, 0.29) is 30.5 Å². The van der Waals surface area contributed by atoms with Crippen molar-refractivity contribution in [3.8, 4) is 0 Å². The molecule has 1 saturated heterocycles. The SMILES string of the molecule is CO[C@@H]1[C@@H](OCCP(=O)(O)O)CO[C@H]1n1cnc2c(=O)[nH]c(C)nc21. The Hall–Kier alpha value is -1.62. The molecule has 3 atom stereocenters. The average molecular weight is 374 g/mol. The highest BCUT2D eigenvalue weighted by molar-refractivity contribution is 7.51. The number of aryl methyl sites for hydroxylation is 1. The molecule has 0 amide bonds. The molecule has 11 nitrogen and oxygen atoms in total. The third kappa shape index (κ3) is 3.81. The van der Waals surface area contributed by atoms with Crippen molar-refractivity contribution < 1.29 is 28.6 Å². The first-order chi connectivity index (χ1) is 11.8. The molecular weight excluding hydrogens is 355 g/mol. The zero-order valence-corrected chi connectivity index (χ0v) is 14.5. The van der Waals surface area contributed by atoms with E-state index < -0.39 is 26.0 Å². The van der Waals surface area contributed by atoms with E-state index in [0.717, 1.165) is 0 Å². The van der Waals surface area contributed by atoms with Gasteiger partial charge in [0, 0.05) is 7.11 Å². The second-order valence-electron chi connectivity index (χ2n) is 5.70. The fraction of sp³-hybridized carbons (Fsp3) is 0.615. The standard InChI is InChI=1S/C13H19N4O7P/c1-7-15-11-9(12(18)16-7)14-6-17(11)13-10(22-2)8(5-24-13)23-3-4-25(19,20)21/h6,8,10,13H,3-5H2,1-2H3,(H,15,16,18)(H2,19,20,21)/t8-,10+,13+/m0/s1. The Morgan fingerprint density at radius 1 is 1.52 bits per heavy atom. The van der Waals surface area contributed by atoms with Gasteiger partial charge in [0.2, 0.25) is 0 Å². The van der Waals surface area contributed by atoms with Crippen LogP contribution in [0.3, 0.4) is 0 Å². The number of nitrogens with one attached hydrogen (secondary N) is 1. The Balaban J connectivity index is 1.81. The summed E-state index contributed by atoms with van der Waals surface area (Å²) < 4.78 is 29.2. The van der Waals surface area contributed by atoms with Gasteiger partial charge in [-0.1, -0.05) is 0 Å². The molecule has 3 heterocycles. The number of imidazole rings is 1. The topological polar surface area (TPSA) is 149 Å². The zero-order valence-electron chi connectivity index (χ0n) is 13.7. The highest BCUT2D eigenvalue weighted by atomic mass is 31.2. The van der Waals surface area contributed by atoms with E-state index >= 15 is 0 Å². The van der Waals surface area contributed by atoms with Crippen LogP contribution in [0.2, 0.25) is 0 Å².